The molecule has 6 rings (SSSR count). The molecular formula is C29H48O6S. The van der Waals surface area contributed by atoms with Crippen LogP contribution in [0.25, 0.3) is 0 Å². The number of rotatable bonds is 3. The van der Waals surface area contributed by atoms with Gasteiger partial charge in [-0.3, -0.25) is 4.18 Å². The standard InChI is InChI=1S/C29H48O6S/c1-17-13-25(35-36(6,30)31)29(33-16-17)18(2)26-24(34-29)15-23-21-8-7-19-14-20(32-5)9-11-27(19,3)22(21)10-12-28(23,26)4/h17-26H,7-16H2,1-6H3/t17-,18+,19+,20+,21-,22+,23+,24+,25+,26+,27+,28+,29+/m1/s1. The average Bonchev–Trinajstić information content (AvgIpc) is 3.26. The van der Waals surface area contributed by atoms with Gasteiger partial charge in [-0.05, 0) is 104 Å². The Kier molecular flexibility index (Phi) is 6.25. The van der Waals surface area contributed by atoms with E-state index in [1.54, 1.807) is 0 Å². The van der Waals surface area contributed by atoms with Gasteiger partial charge in [0.2, 0.25) is 0 Å². The summed E-state index contributed by atoms with van der Waals surface area (Å²) in [6.45, 7) is 10.1. The second-order valence-corrected chi connectivity index (χ2v) is 15.8. The van der Waals surface area contributed by atoms with Crippen LogP contribution in [0.3, 0.4) is 0 Å². The van der Waals surface area contributed by atoms with Gasteiger partial charge in [-0.1, -0.05) is 27.7 Å². The number of ether oxygens (including phenoxy) is 3. The van der Waals surface area contributed by atoms with E-state index < -0.39 is 22.0 Å². The van der Waals surface area contributed by atoms with Crippen molar-refractivity contribution in [1.82, 2.24) is 0 Å². The molecule has 2 heterocycles. The Labute approximate surface area is 218 Å². The van der Waals surface area contributed by atoms with Crippen LogP contribution >= 0.6 is 0 Å². The Morgan fingerprint density at radius 3 is 2.39 bits per heavy atom. The van der Waals surface area contributed by atoms with Gasteiger partial charge in [0.15, 0.2) is 5.79 Å². The lowest BCUT2D eigenvalue weighted by Gasteiger charge is -2.61. The van der Waals surface area contributed by atoms with Gasteiger partial charge in [0.05, 0.1) is 25.1 Å². The second kappa shape index (κ2) is 8.64. The molecule has 0 unspecified atom stereocenters. The van der Waals surface area contributed by atoms with E-state index in [9.17, 15) is 8.42 Å². The Balaban J connectivity index is 1.26. The van der Waals surface area contributed by atoms with E-state index >= 15 is 0 Å². The summed E-state index contributed by atoms with van der Waals surface area (Å²) < 4.78 is 49.2. The van der Waals surface area contributed by atoms with Gasteiger partial charge >= 0.3 is 0 Å². The van der Waals surface area contributed by atoms with Crippen LogP contribution in [0.5, 0.6) is 0 Å². The molecule has 0 radical (unpaired) electrons. The topological polar surface area (TPSA) is 71.1 Å². The number of methoxy groups -OCH3 is 1. The van der Waals surface area contributed by atoms with Gasteiger partial charge in [0.1, 0.15) is 6.10 Å². The van der Waals surface area contributed by atoms with E-state index in [0.29, 0.717) is 36.4 Å². The molecule has 6 aliphatic rings. The minimum Gasteiger partial charge on any atom is -0.381 e. The van der Waals surface area contributed by atoms with Gasteiger partial charge in [0.25, 0.3) is 10.1 Å². The van der Waals surface area contributed by atoms with E-state index in [-0.39, 0.29) is 23.4 Å². The van der Waals surface area contributed by atoms with Crippen molar-refractivity contribution in [3.8, 4) is 0 Å². The summed E-state index contributed by atoms with van der Waals surface area (Å²) in [7, 11) is -1.72. The highest BCUT2D eigenvalue weighted by molar-refractivity contribution is 7.86. The summed E-state index contributed by atoms with van der Waals surface area (Å²) in [6, 6.07) is 0. The van der Waals surface area contributed by atoms with Crippen molar-refractivity contribution in [3.63, 3.8) is 0 Å². The van der Waals surface area contributed by atoms with Crippen molar-refractivity contribution in [3.05, 3.63) is 0 Å². The average molecular weight is 525 g/mol. The molecule has 7 heteroatoms. The third-order valence-electron chi connectivity index (χ3n) is 12.5. The first-order valence-electron chi connectivity index (χ1n) is 14.6. The lowest BCUT2D eigenvalue weighted by atomic mass is 9.44. The summed E-state index contributed by atoms with van der Waals surface area (Å²) in [5, 5.41) is 0. The van der Waals surface area contributed by atoms with Crippen molar-refractivity contribution in [2.75, 3.05) is 20.0 Å². The zero-order chi connectivity index (χ0) is 25.7. The maximum Gasteiger partial charge on any atom is 0.264 e. The van der Waals surface area contributed by atoms with Crippen molar-refractivity contribution in [1.29, 1.82) is 0 Å². The van der Waals surface area contributed by atoms with E-state index in [1.807, 2.05) is 7.11 Å². The lowest BCUT2D eigenvalue weighted by Crippen LogP contribution is -2.58. The van der Waals surface area contributed by atoms with Crippen LogP contribution in [0.15, 0.2) is 0 Å². The summed E-state index contributed by atoms with van der Waals surface area (Å²) in [5.41, 5.74) is 0.658. The maximum absolute atomic E-state index is 12.2. The zero-order valence-electron chi connectivity index (χ0n) is 23.2. The van der Waals surface area contributed by atoms with Gasteiger partial charge in [-0.25, -0.2) is 0 Å². The molecule has 0 bridgehead atoms. The molecule has 0 N–H and O–H groups in total. The SMILES string of the molecule is CO[C@H]1CC[C@@]2(C)[C@@H](CC[C@@H]3[C@@H]2CC[C@]2(C)[C@@H]4[C@H](C[C@@H]32)O[C@@]2(OC[C@H](C)C[C@@H]2OS(C)(=O)=O)[C@H]4C)C1. The molecule has 6 nitrogen and oxygen atoms in total. The van der Waals surface area contributed by atoms with Crippen molar-refractivity contribution >= 4 is 10.1 Å². The minimum absolute atomic E-state index is 0.109. The number of hydrogen-bond acceptors (Lipinski definition) is 6. The number of fused-ring (bicyclic) bond motifs is 7. The number of hydrogen-bond donors (Lipinski definition) is 0. The molecule has 2 saturated heterocycles. The largest absolute Gasteiger partial charge is 0.381 e. The van der Waals surface area contributed by atoms with Crippen LogP contribution in [0.2, 0.25) is 0 Å². The normalized spacial score (nSPS) is 56.6. The quantitative estimate of drug-likeness (QED) is 0.460. The summed E-state index contributed by atoms with van der Waals surface area (Å²) in [5.74, 6) is 2.86. The fraction of sp³-hybridized carbons (Fsp3) is 1.00. The van der Waals surface area contributed by atoms with Crippen molar-refractivity contribution < 1.29 is 26.8 Å². The maximum atomic E-state index is 12.2. The van der Waals surface area contributed by atoms with Gasteiger partial charge in [-0.15, -0.1) is 0 Å². The van der Waals surface area contributed by atoms with Crippen LogP contribution in [0.1, 0.15) is 85.5 Å². The van der Waals surface area contributed by atoms with E-state index in [0.717, 1.165) is 30.4 Å². The Morgan fingerprint density at radius 1 is 0.917 bits per heavy atom. The second-order valence-electron chi connectivity index (χ2n) is 14.2. The summed E-state index contributed by atoms with van der Waals surface area (Å²) in [6.07, 6.45) is 11.9. The molecule has 0 amide bonds. The van der Waals surface area contributed by atoms with E-state index in [2.05, 4.69) is 27.7 Å². The van der Waals surface area contributed by atoms with Crippen LogP contribution < -0.4 is 0 Å². The summed E-state index contributed by atoms with van der Waals surface area (Å²) >= 11 is 0. The van der Waals surface area contributed by atoms with Crippen LogP contribution in [0.4, 0.5) is 0 Å². The third kappa shape index (κ3) is 3.72. The highest BCUT2D eigenvalue weighted by Crippen LogP contribution is 2.71. The molecule has 4 saturated carbocycles. The monoisotopic (exact) mass is 524 g/mol. The van der Waals surface area contributed by atoms with Gasteiger partial charge < -0.3 is 14.2 Å². The molecule has 0 aromatic heterocycles. The first-order chi connectivity index (χ1) is 16.9. The van der Waals surface area contributed by atoms with Crippen LogP contribution in [-0.2, 0) is 28.5 Å². The Morgan fingerprint density at radius 2 is 1.67 bits per heavy atom. The van der Waals surface area contributed by atoms with E-state index in [4.69, 9.17) is 18.4 Å². The molecule has 0 aromatic carbocycles. The predicted octanol–water partition coefficient (Wildman–Crippen LogP) is 5.40. The zero-order valence-corrected chi connectivity index (χ0v) is 24.0. The molecule has 2 aliphatic heterocycles. The molecule has 206 valence electrons. The van der Waals surface area contributed by atoms with Crippen LogP contribution in [-0.4, -0.2) is 52.5 Å². The van der Waals surface area contributed by atoms with E-state index in [1.165, 1.54) is 44.9 Å². The first-order valence-corrected chi connectivity index (χ1v) is 16.5. The van der Waals surface area contributed by atoms with Crippen LogP contribution in [0, 0.1) is 52.3 Å². The molecule has 13 atom stereocenters. The molecular weight excluding hydrogens is 476 g/mol. The van der Waals surface area contributed by atoms with Gasteiger partial charge in [0, 0.05) is 13.0 Å². The molecule has 4 aliphatic carbocycles. The fourth-order valence-electron chi connectivity index (χ4n) is 10.9. The Bertz CT molecular complexity index is 969. The smallest absolute Gasteiger partial charge is 0.264 e. The van der Waals surface area contributed by atoms with Crippen molar-refractivity contribution in [2.45, 2.75) is 110 Å². The molecule has 36 heavy (non-hydrogen) atoms. The molecule has 6 fully saturated rings. The van der Waals surface area contributed by atoms with Crippen molar-refractivity contribution in [2.24, 2.45) is 52.3 Å². The first kappa shape index (κ1) is 26.0. The van der Waals surface area contributed by atoms with Gasteiger partial charge in [-0.2, -0.15) is 8.42 Å². The third-order valence-corrected chi connectivity index (χ3v) is 13.1. The lowest BCUT2D eigenvalue weighted by molar-refractivity contribution is -0.310. The predicted molar refractivity (Wildman–Crippen MR) is 138 cm³/mol. The Hall–Kier alpha value is -0.210. The minimum atomic E-state index is -3.61. The molecule has 0 aromatic rings. The summed E-state index contributed by atoms with van der Waals surface area (Å²) in [4.78, 5) is 0. The highest BCUT2D eigenvalue weighted by Gasteiger charge is 2.71. The molecule has 1 spiro atoms. The fourth-order valence-corrected chi connectivity index (χ4v) is 11.5. The highest BCUT2D eigenvalue weighted by atomic mass is 32.2.